The maximum atomic E-state index is 5.54. The van der Waals surface area contributed by atoms with E-state index in [-0.39, 0.29) is 0 Å². The Balaban J connectivity index is 2.22. The summed E-state index contributed by atoms with van der Waals surface area (Å²) < 4.78 is 10.9. The second-order valence-corrected chi connectivity index (χ2v) is 5.32. The summed E-state index contributed by atoms with van der Waals surface area (Å²) >= 11 is 0. The van der Waals surface area contributed by atoms with Crippen molar-refractivity contribution >= 4 is 0 Å². The minimum Gasteiger partial charge on any atom is -0.493 e. The zero-order valence-corrected chi connectivity index (χ0v) is 12.5. The first kappa shape index (κ1) is 14.2. The average Bonchev–Trinajstić information content (AvgIpc) is 2.45. The van der Waals surface area contributed by atoms with Gasteiger partial charge in [0.05, 0.1) is 14.2 Å². The molecule has 3 nitrogen and oxygen atoms in total. The lowest BCUT2D eigenvalue weighted by Crippen LogP contribution is -2.37. The molecular formula is C16H25NO2. The summed E-state index contributed by atoms with van der Waals surface area (Å²) in [5.74, 6) is 1.78. The Morgan fingerprint density at radius 2 is 2.05 bits per heavy atom. The lowest BCUT2D eigenvalue weighted by molar-refractivity contribution is 0.220. The first-order chi connectivity index (χ1) is 9.21. The van der Waals surface area contributed by atoms with Crippen LogP contribution in [-0.4, -0.2) is 38.8 Å². The summed E-state index contributed by atoms with van der Waals surface area (Å²) in [6.07, 6.45) is 4.61. The van der Waals surface area contributed by atoms with E-state index < -0.39 is 0 Å². The largest absolute Gasteiger partial charge is 0.493 e. The number of methoxy groups -OCH3 is 2. The van der Waals surface area contributed by atoms with Crippen LogP contribution < -0.4 is 9.47 Å². The van der Waals surface area contributed by atoms with E-state index in [9.17, 15) is 0 Å². The molecule has 1 aromatic rings. The van der Waals surface area contributed by atoms with Gasteiger partial charge in [-0.3, -0.25) is 0 Å². The van der Waals surface area contributed by atoms with Gasteiger partial charge < -0.3 is 14.4 Å². The third kappa shape index (κ3) is 2.86. The highest BCUT2D eigenvalue weighted by Gasteiger charge is 2.25. The Hall–Kier alpha value is -1.22. The number of ether oxygens (including phenoxy) is 2. The van der Waals surface area contributed by atoms with E-state index >= 15 is 0 Å². The maximum absolute atomic E-state index is 5.54. The van der Waals surface area contributed by atoms with Gasteiger partial charge in [0.15, 0.2) is 11.5 Å². The maximum Gasteiger partial charge on any atom is 0.164 e. The molecule has 0 radical (unpaired) electrons. The van der Waals surface area contributed by atoms with Crippen molar-refractivity contribution in [3.05, 3.63) is 23.3 Å². The van der Waals surface area contributed by atoms with E-state index in [1.54, 1.807) is 14.2 Å². The number of hydrogen-bond acceptors (Lipinski definition) is 3. The van der Waals surface area contributed by atoms with Gasteiger partial charge in [-0.2, -0.15) is 0 Å². The fourth-order valence-electron chi connectivity index (χ4n) is 3.08. The summed E-state index contributed by atoms with van der Waals surface area (Å²) in [6.45, 7) is 3.41. The van der Waals surface area contributed by atoms with Crippen LogP contribution in [0.2, 0.25) is 0 Å². The molecule has 0 aromatic heterocycles. The molecule has 1 unspecified atom stereocenters. The molecular weight excluding hydrogens is 238 g/mol. The molecule has 0 heterocycles. The molecule has 1 aliphatic carbocycles. The van der Waals surface area contributed by atoms with Crippen LogP contribution in [0.5, 0.6) is 11.5 Å². The Morgan fingerprint density at radius 3 is 2.68 bits per heavy atom. The topological polar surface area (TPSA) is 21.7 Å². The van der Waals surface area contributed by atoms with Crippen LogP contribution in [0.1, 0.15) is 30.9 Å². The Kier molecular flexibility index (Phi) is 4.70. The van der Waals surface area contributed by atoms with Crippen LogP contribution in [0.4, 0.5) is 0 Å². The normalized spacial score (nSPS) is 18.3. The summed E-state index contributed by atoms with van der Waals surface area (Å²) in [6, 6.07) is 4.88. The molecule has 1 aliphatic rings. The number of hydrogen-bond donors (Lipinski definition) is 0. The molecule has 0 spiro atoms. The number of likely N-dealkylation sites (N-methyl/N-ethyl adjacent to an activating group) is 1. The molecule has 0 fully saturated rings. The molecule has 2 rings (SSSR count). The second-order valence-electron chi connectivity index (χ2n) is 5.32. The summed E-state index contributed by atoms with van der Waals surface area (Å²) in [5.41, 5.74) is 2.75. The minimum absolute atomic E-state index is 0.658. The van der Waals surface area contributed by atoms with E-state index in [4.69, 9.17) is 9.47 Å². The molecule has 3 heteroatoms. The molecule has 19 heavy (non-hydrogen) atoms. The monoisotopic (exact) mass is 263 g/mol. The van der Waals surface area contributed by atoms with Gasteiger partial charge in [0.1, 0.15) is 0 Å². The smallest absolute Gasteiger partial charge is 0.164 e. The standard InChI is InChI=1S/C16H25NO2/c1-5-10-17(2)13-7-8-14-12(11-13)6-9-15(18-3)16(14)19-4/h6,9,13H,5,7-8,10-11H2,1-4H3. The molecule has 1 atom stereocenters. The third-order valence-corrected chi connectivity index (χ3v) is 4.13. The van der Waals surface area contributed by atoms with Crippen LogP contribution in [0.3, 0.4) is 0 Å². The number of benzene rings is 1. The number of fused-ring (bicyclic) bond motifs is 1. The molecule has 0 aliphatic heterocycles. The molecule has 0 saturated heterocycles. The average molecular weight is 263 g/mol. The van der Waals surface area contributed by atoms with Crippen molar-refractivity contribution in [3.63, 3.8) is 0 Å². The van der Waals surface area contributed by atoms with E-state index in [0.717, 1.165) is 24.3 Å². The van der Waals surface area contributed by atoms with Crippen molar-refractivity contribution in [2.45, 2.75) is 38.6 Å². The number of rotatable bonds is 5. The highest BCUT2D eigenvalue weighted by molar-refractivity contribution is 5.52. The van der Waals surface area contributed by atoms with Crippen molar-refractivity contribution in [1.82, 2.24) is 4.90 Å². The molecule has 106 valence electrons. The van der Waals surface area contributed by atoms with E-state index in [1.807, 2.05) is 6.07 Å². The first-order valence-corrected chi connectivity index (χ1v) is 7.14. The van der Waals surface area contributed by atoms with E-state index in [2.05, 4.69) is 24.9 Å². The lowest BCUT2D eigenvalue weighted by Gasteiger charge is -2.33. The van der Waals surface area contributed by atoms with Gasteiger partial charge >= 0.3 is 0 Å². The highest BCUT2D eigenvalue weighted by Crippen LogP contribution is 2.38. The van der Waals surface area contributed by atoms with Gasteiger partial charge in [-0.25, -0.2) is 0 Å². The number of nitrogens with zero attached hydrogens (tertiary/aromatic N) is 1. The molecule has 0 saturated carbocycles. The van der Waals surface area contributed by atoms with Crippen molar-refractivity contribution < 1.29 is 9.47 Å². The fraction of sp³-hybridized carbons (Fsp3) is 0.625. The van der Waals surface area contributed by atoms with E-state index in [1.165, 1.54) is 30.5 Å². The van der Waals surface area contributed by atoms with Gasteiger partial charge in [0.2, 0.25) is 0 Å². The summed E-state index contributed by atoms with van der Waals surface area (Å²) in [4.78, 5) is 2.49. The van der Waals surface area contributed by atoms with Crippen LogP contribution >= 0.6 is 0 Å². The predicted octanol–water partition coefficient (Wildman–Crippen LogP) is 2.90. The minimum atomic E-state index is 0.658. The van der Waals surface area contributed by atoms with Crippen molar-refractivity contribution in [2.75, 3.05) is 27.8 Å². The molecule has 1 aromatic carbocycles. The van der Waals surface area contributed by atoms with Gasteiger partial charge in [0, 0.05) is 11.6 Å². The second kappa shape index (κ2) is 6.29. The summed E-state index contributed by atoms with van der Waals surface area (Å²) in [7, 11) is 5.66. The molecule has 0 amide bonds. The van der Waals surface area contributed by atoms with Crippen molar-refractivity contribution in [3.8, 4) is 11.5 Å². The van der Waals surface area contributed by atoms with Gasteiger partial charge in [0.25, 0.3) is 0 Å². The SMILES string of the molecule is CCCN(C)C1CCc2c(ccc(OC)c2OC)C1. The summed E-state index contributed by atoms with van der Waals surface area (Å²) in [5, 5.41) is 0. The third-order valence-electron chi connectivity index (χ3n) is 4.13. The fourth-order valence-corrected chi connectivity index (χ4v) is 3.08. The Morgan fingerprint density at radius 1 is 1.26 bits per heavy atom. The van der Waals surface area contributed by atoms with Crippen LogP contribution in [0.15, 0.2) is 12.1 Å². The quantitative estimate of drug-likeness (QED) is 0.815. The molecule has 0 bridgehead atoms. The van der Waals surface area contributed by atoms with Crippen molar-refractivity contribution in [1.29, 1.82) is 0 Å². The van der Waals surface area contributed by atoms with Crippen LogP contribution in [0.25, 0.3) is 0 Å². The van der Waals surface area contributed by atoms with E-state index in [0.29, 0.717) is 6.04 Å². The zero-order valence-electron chi connectivity index (χ0n) is 12.5. The van der Waals surface area contributed by atoms with Gasteiger partial charge in [-0.1, -0.05) is 13.0 Å². The first-order valence-electron chi connectivity index (χ1n) is 7.14. The lowest BCUT2D eigenvalue weighted by atomic mass is 9.86. The van der Waals surface area contributed by atoms with Gasteiger partial charge in [-0.15, -0.1) is 0 Å². The Bertz CT molecular complexity index is 431. The van der Waals surface area contributed by atoms with Gasteiger partial charge in [-0.05, 0) is 50.9 Å². The van der Waals surface area contributed by atoms with Crippen LogP contribution in [-0.2, 0) is 12.8 Å². The van der Waals surface area contributed by atoms with Crippen molar-refractivity contribution in [2.24, 2.45) is 0 Å². The zero-order chi connectivity index (χ0) is 13.8. The Labute approximate surface area is 116 Å². The molecule has 0 N–H and O–H groups in total. The predicted molar refractivity (Wildman–Crippen MR) is 78.3 cm³/mol. The highest BCUT2D eigenvalue weighted by atomic mass is 16.5. The van der Waals surface area contributed by atoms with Crippen LogP contribution in [0, 0.1) is 0 Å².